The Balaban J connectivity index is 1.32. The van der Waals surface area contributed by atoms with Gasteiger partial charge in [0.2, 0.25) is 5.91 Å². The van der Waals surface area contributed by atoms with Crippen molar-refractivity contribution in [3.05, 3.63) is 54.6 Å². The minimum atomic E-state index is -3.69. The third kappa shape index (κ3) is 3.54. The second-order valence-corrected chi connectivity index (χ2v) is 6.88. The monoisotopic (exact) mass is 426 g/mol. The Morgan fingerprint density at radius 1 is 1.00 bits per heavy atom. The van der Waals surface area contributed by atoms with Crippen molar-refractivity contribution in [2.24, 2.45) is 0 Å². The molecule has 3 aromatic carbocycles. The van der Waals surface area contributed by atoms with Crippen LogP contribution >= 0.6 is 0 Å². The third-order valence-electron chi connectivity index (χ3n) is 4.83. The number of fused-ring (bicyclic) bond motifs is 4. The number of hydrogen-bond acceptors (Lipinski definition) is 6. The van der Waals surface area contributed by atoms with Crippen molar-refractivity contribution in [2.45, 2.75) is 6.29 Å². The zero-order chi connectivity index (χ0) is 21.6. The number of halogens is 2. The molecule has 1 aliphatic rings. The van der Waals surface area contributed by atoms with Crippen molar-refractivity contribution in [3.8, 4) is 17.2 Å². The van der Waals surface area contributed by atoms with Crippen molar-refractivity contribution >= 4 is 39.2 Å². The zero-order valence-corrected chi connectivity index (χ0v) is 16.2. The Labute approximate surface area is 174 Å². The van der Waals surface area contributed by atoms with Crippen LogP contribution in [0.2, 0.25) is 0 Å². The molecule has 31 heavy (non-hydrogen) atoms. The number of carbonyl (C=O) groups excluding carboxylic acids is 1. The summed E-state index contributed by atoms with van der Waals surface area (Å²) in [7, 11) is 1.51. The number of nitrogens with one attached hydrogen (secondary N) is 2. The SMILES string of the molecule is COc1cc2c(cc1NC(=O)CNc1ccc3c(c1)OC(F)(F)O3)oc1ccccc12. The number of hydrogen-bond donors (Lipinski definition) is 2. The van der Waals surface area contributed by atoms with E-state index in [1.165, 1.54) is 25.3 Å². The smallest absolute Gasteiger partial charge is 0.495 e. The molecule has 0 saturated carbocycles. The van der Waals surface area contributed by atoms with Crippen molar-refractivity contribution < 1.29 is 32.2 Å². The summed E-state index contributed by atoms with van der Waals surface area (Å²) in [6.45, 7) is -0.114. The van der Waals surface area contributed by atoms with Gasteiger partial charge in [0.05, 0.1) is 19.3 Å². The predicted octanol–water partition coefficient (Wildman–Crippen LogP) is 4.97. The predicted molar refractivity (Wildman–Crippen MR) is 110 cm³/mol. The lowest BCUT2D eigenvalue weighted by Crippen LogP contribution is -2.25. The zero-order valence-electron chi connectivity index (χ0n) is 16.2. The van der Waals surface area contributed by atoms with Gasteiger partial charge in [-0.15, -0.1) is 8.78 Å². The van der Waals surface area contributed by atoms with Crippen LogP contribution in [-0.2, 0) is 4.79 Å². The van der Waals surface area contributed by atoms with E-state index in [-0.39, 0.29) is 24.0 Å². The van der Waals surface area contributed by atoms with Gasteiger partial charge in [-0.3, -0.25) is 4.79 Å². The molecule has 0 fully saturated rings. The summed E-state index contributed by atoms with van der Waals surface area (Å²) in [4.78, 5) is 12.5. The number of anilines is 2. The van der Waals surface area contributed by atoms with E-state index in [1.54, 1.807) is 6.07 Å². The molecule has 7 nitrogen and oxygen atoms in total. The first kappa shape index (κ1) is 19.0. The highest BCUT2D eigenvalue weighted by Gasteiger charge is 2.43. The highest BCUT2D eigenvalue weighted by atomic mass is 19.3. The van der Waals surface area contributed by atoms with Gasteiger partial charge in [0.1, 0.15) is 16.9 Å². The molecule has 2 N–H and O–H groups in total. The summed E-state index contributed by atoms with van der Waals surface area (Å²) < 4.78 is 46.3. The summed E-state index contributed by atoms with van der Waals surface area (Å²) in [5, 5.41) is 7.46. The Hall–Kier alpha value is -4.01. The van der Waals surface area contributed by atoms with Gasteiger partial charge in [0, 0.05) is 28.6 Å². The largest absolute Gasteiger partial charge is 0.586 e. The van der Waals surface area contributed by atoms with Crippen LogP contribution in [0.25, 0.3) is 21.9 Å². The maximum atomic E-state index is 13.1. The molecule has 158 valence electrons. The number of alkyl halides is 2. The first-order valence-electron chi connectivity index (χ1n) is 9.35. The van der Waals surface area contributed by atoms with E-state index in [9.17, 15) is 13.6 Å². The summed E-state index contributed by atoms with van der Waals surface area (Å²) in [6.07, 6.45) is -3.69. The van der Waals surface area contributed by atoms with E-state index in [0.717, 1.165) is 16.4 Å². The van der Waals surface area contributed by atoms with E-state index in [2.05, 4.69) is 20.1 Å². The Morgan fingerprint density at radius 3 is 2.65 bits per heavy atom. The lowest BCUT2D eigenvalue weighted by molar-refractivity contribution is -0.286. The number of amides is 1. The normalized spacial score (nSPS) is 14.0. The fourth-order valence-corrected chi connectivity index (χ4v) is 3.45. The van der Waals surface area contributed by atoms with Gasteiger partial charge in [-0.05, 0) is 24.3 Å². The summed E-state index contributed by atoms with van der Waals surface area (Å²) in [5.74, 6) is -0.0502. The van der Waals surface area contributed by atoms with Gasteiger partial charge in [-0.1, -0.05) is 18.2 Å². The number of para-hydroxylation sites is 1. The number of rotatable bonds is 5. The Bertz CT molecular complexity index is 1320. The van der Waals surface area contributed by atoms with E-state index >= 15 is 0 Å². The fourth-order valence-electron chi connectivity index (χ4n) is 3.45. The van der Waals surface area contributed by atoms with Crippen LogP contribution in [0.15, 0.2) is 59.0 Å². The number of furan rings is 1. The van der Waals surface area contributed by atoms with E-state index in [1.807, 2.05) is 30.3 Å². The summed E-state index contributed by atoms with van der Waals surface area (Å²) >= 11 is 0. The summed E-state index contributed by atoms with van der Waals surface area (Å²) in [5.41, 5.74) is 2.22. The van der Waals surface area contributed by atoms with Crippen LogP contribution < -0.4 is 24.8 Å². The topological polar surface area (TPSA) is 82.0 Å². The first-order valence-corrected chi connectivity index (χ1v) is 9.35. The Kier molecular flexibility index (Phi) is 4.32. The maximum Gasteiger partial charge on any atom is 0.586 e. The first-order chi connectivity index (χ1) is 14.9. The molecule has 0 spiro atoms. The molecule has 5 rings (SSSR count). The van der Waals surface area contributed by atoms with Crippen molar-refractivity contribution in [1.82, 2.24) is 0 Å². The van der Waals surface area contributed by atoms with Crippen LogP contribution in [0.1, 0.15) is 0 Å². The molecule has 0 bridgehead atoms. The van der Waals surface area contributed by atoms with Crippen LogP contribution in [0.5, 0.6) is 17.2 Å². The molecular formula is C22H16F2N2O5. The molecular weight excluding hydrogens is 410 g/mol. The molecule has 0 unspecified atom stereocenters. The van der Waals surface area contributed by atoms with Crippen LogP contribution in [-0.4, -0.2) is 25.9 Å². The molecule has 1 aromatic heterocycles. The molecule has 0 saturated heterocycles. The summed E-state index contributed by atoms with van der Waals surface area (Å²) in [6, 6.07) is 15.3. The van der Waals surface area contributed by atoms with Gasteiger partial charge >= 0.3 is 6.29 Å². The van der Waals surface area contributed by atoms with Gasteiger partial charge in [0.25, 0.3) is 0 Å². The average molecular weight is 426 g/mol. The van der Waals surface area contributed by atoms with Crippen LogP contribution in [0.3, 0.4) is 0 Å². The maximum absolute atomic E-state index is 13.1. The lowest BCUT2D eigenvalue weighted by Gasteiger charge is -2.11. The number of methoxy groups -OCH3 is 1. The molecule has 1 aliphatic heterocycles. The average Bonchev–Trinajstić information content (AvgIpc) is 3.25. The molecule has 2 heterocycles. The number of benzene rings is 3. The minimum absolute atomic E-state index is 0.0659. The van der Waals surface area contributed by atoms with Gasteiger partial charge < -0.3 is 29.3 Å². The van der Waals surface area contributed by atoms with Crippen LogP contribution in [0.4, 0.5) is 20.2 Å². The Morgan fingerprint density at radius 2 is 1.81 bits per heavy atom. The molecule has 0 atom stereocenters. The molecule has 4 aromatic rings. The van der Waals surface area contributed by atoms with E-state index in [4.69, 9.17) is 9.15 Å². The van der Waals surface area contributed by atoms with Gasteiger partial charge in [-0.25, -0.2) is 0 Å². The number of carbonyl (C=O) groups is 1. The van der Waals surface area contributed by atoms with E-state index < -0.39 is 6.29 Å². The van der Waals surface area contributed by atoms with Gasteiger partial charge in [0.15, 0.2) is 11.5 Å². The fraction of sp³-hybridized carbons (Fsp3) is 0.136. The molecule has 9 heteroatoms. The van der Waals surface area contributed by atoms with Crippen molar-refractivity contribution in [1.29, 1.82) is 0 Å². The standard InChI is InChI=1S/C22H16F2N2O5/c1-28-19-9-14-13-4-2-3-5-16(13)29-18(14)10-15(19)26-21(27)11-25-12-6-7-17-20(8-12)31-22(23,24)30-17/h2-10,25H,11H2,1H3,(H,26,27). The quantitative estimate of drug-likeness (QED) is 0.469. The highest BCUT2D eigenvalue weighted by molar-refractivity contribution is 6.08. The molecule has 1 amide bonds. The second-order valence-electron chi connectivity index (χ2n) is 6.88. The third-order valence-corrected chi connectivity index (χ3v) is 4.83. The highest BCUT2D eigenvalue weighted by Crippen LogP contribution is 2.42. The molecule has 0 aliphatic carbocycles. The van der Waals surface area contributed by atoms with Gasteiger partial charge in [-0.2, -0.15) is 0 Å². The molecule has 0 radical (unpaired) electrons. The van der Waals surface area contributed by atoms with E-state index in [0.29, 0.717) is 22.7 Å². The number of ether oxygens (including phenoxy) is 3. The van der Waals surface area contributed by atoms with Crippen LogP contribution in [0, 0.1) is 0 Å². The minimum Gasteiger partial charge on any atom is -0.495 e. The van der Waals surface area contributed by atoms with Crippen molar-refractivity contribution in [3.63, 3.8) is 0 Å². The lowest BCUT2D eigenvalue weighted by atomic mass is 10.1. The van der Waals surface area contributed by atoms with Crippen molar-refractivity contribution in [2.75, 3.05) is 24.3 Å². The second kappa shape index (κ2) is 7.05.